The van der Waals surface area contributed by atoms with Crippen LogP contribution in [-0.2, 0) is 24.1 Å². The van der Waals surface area contributed by atoms with Gasteiger partial charge in [-0.15, -0.1) is 0 Å². The van der Waals surface area contributed by atoms with Crippen LogP contribution in [0, 0.1) is 0 Å². The van der Waals surface area contributed by atoms with E-state index in [0.717, 1.165) is 22.3 Å². The van der Waals surface area contributed by atoms with Crippen molar-refractivity contribution < 1.29 is 24.9 Å². The molecule has 3 N–H and O–H groups in total. The molecule has 1 aliphatic carbocycles. The summed E-state index contributed by atoms with van der Waals surface area (Å²) in [4.78, 5) is 30.1. The van der Waals surface area contributed by atoms with Gasteiger partial charge in [0, 0.05) is 18.5 Å². The molecule has 3 aromatic carbocycles. The molecule has 2 amide bonds. The summed E-state index contributed by atoms with van der Waals surface area (Å²) < 4.78 is 0. The number of rotatable bonds is 9. The van der Waals surface area contributed by atoms with E-state index in [-0.39, 0.29) is 12.5 Å². The van der Waals surface area contributed by atoms with Crippen LogP contribution in [0.15, 0.2) is 84.9 Å². The van der Waals surface area contributed by atoms with Crippen LogP contribution in [0.3, 0.4) is 0 Å². The van der Waals surface area contributed by atoms with Gasteiger partial charge in [-0.2, -0.15) is 0 Å². The van der Waals surface area contributed by atoms with Crippen molar-refractivity contribution in [2.24, 2.45) is 0 Å². The number of carbonyl (C=O) groups excluding carboxylic acids is 2. The predicted molar refractivity (Wildman–Crippen MR) is 168 cm³/mol. The predicted octanol–water partition coefficient (Wildman–Crippen LogP) is 3.25. The summed E-state index contributed by atoms with van der Waals surface area (Å²) in [6.07, 6.45) is 0.0789. The molecule has 0 aromatic heterocycles. The number of piperidine rings is 1. The first kappa shape index (κ1) is 31.7. The van der Waals surface area contributed by atoms with E-state index in [1.54, 1.807) is 20.8 Å². The number of carbonyl (C=O) groups is 2. The molecule has 1 fully saturated rings. The van der Waals surface area contributed by atoms with Gasteiger partial charge in [0.15, 0.2) is 0 Å². The summed E-state index contributed by atoms with van der Waals surface area (Å²) in [6, 6.07) is 25.1. The van der Waals surface area contributed by atoms with Crippen molar-refractivity contribution in [1.29, 1.82) is 0 Å². The largest absolute Gasteiger partial charge is 0.530 e. The van der Waals surface area contributed by atoms with Crippen molar-refractivity contribution in [2.45, 2.75) is 88.2 Å². The molecule has 0 unspecified atom stereocenters. The lowest BCUT2D eigenvalue weighted by molar-refractivity contribution is -0.279. The molecule has 5 rings (SSSR count). The van der Waals surface area contributed by atoms with Gasteiger partial charge in [0.05, 0.1) is 29.8 Å². The summed E-state index contributed by atoms with van der Waals surface area (Å²) in [5, 5.41) is 39.1. The lowest BCUT2D eigenvalue weighted by Gasteiger charge is -2.53. The number of nitrogens with zero attached hydrogens (tertiary/aromatic N) is 2. The van der Waals surface area contributed by atoms with Crippen molar-refractivity contribution in [1.82, 2.24) is 15.1 Å². The van der Waals surface area contributed by atoms with E-state index >= 15 is 0 Å². The van der Waals surface area contributed by atoms with Gasteiger partial charge in [0.1, 0.15) is 6.09 Å². The lowest BCUT2D eigenvalue weighted by Crippen LogP contribution is -2.69. The van der Waals surface area contributed by atoms with E-state index in [4.69, 9.17) is 0 Å². The zero-order valence-corrected chi connectivity index (χ0v) is 25.9. The third-order valence-corrected chi connectivity index (χ3v) is 9.17. The zero-order chi connectivity index (χ0) is 31.5. The molecule has 234 valence electrons. The second-order valence-corrected chi connectivity index (χ2v) is 13.4. The Morgan fingerprint density at radius 1 is 0.977 bits per heavy atom. The van der Waals surface area contributed by atoms with Gasteiger partial charge in [-0.1, -0.05) is 84.9 Å². The molecule has 2 aliphatic rings. The van der Waals surface area contributed by atoms with Gasteiger partial charge < -0.3 is 30.3 Å². The number of benzene rings is 3. The molecule has 1 aliphatic heterocycles. The van der Waals surface area contributed by atoms with E-state index < -0.39 is 41.5 Å². The summed E-state index contributed by atoms with van der Waals surface area (Å²) in [6.45, 7) is 6.10. The second-order valence-electron chi connectivity index (χ2n) is 13.4. The number of carboxylic acid groups (broad SMARTS) is 1. The van der Waals surface area contributed by atoms with Gasteiger partial charge in [-0.25, -0.2) is 0 Å². The summed E-state index contributed by atoms with van der Waals surface area (Å²) in [7, 11) is 0. The molecule has 0 radical (unpaired) electrons. The van der Waals surface area contributed by atoms with E-state index in [9.17, 15) is 24.9 Å². The summed E-state index contributed by atoms with van der Waals surface area (Å²) >= 11 is 0. The molecule has 0 saturated carbocycles. The average molecular weight is 599 g/mol. The average Bonchev–Trinajstić information content (AvgIpc) is 3.30. The second kappa shape index (κ2) is 13.1. The SMILES string of the molecule is CC(C)(C)N(C(=O)[O-])[C@@H](Cc1ccccc1)[C@]1(O)CCCN([C@@H](Cc2ccccc2)C(=O)N[C@H]2c3ccccc3C[C@H]2O)C1. The normalized spacial score (nSPS) is 23.4. The quantitative estimate of drug-likeness (QED) is 0.348. The highest BCUT2D eigenvalue weighted by atomic mass is 16.4. The number of aliphatic hydroxyl groups excluding tert-OH is 1. The minimum atomic E-state index is -1.45. The van der Waals surface area contributed by atoms with E-state index in [0.29, 0.717) is 38.6 Å². The highest BCUT2D eigenvalue weighted by Crippen LogP contribution is 2.36. The van der Waals surface area contributed by atoms with Crippen molar-refractivity contribution in [3.63, 3.8) is 0 Å². The Hall–Kier alpha value is -3.72. The Kier molecular flexibility index (Phi) is 9.44. The molecule has 0 spiro atoms. The molecular formula is C36H44N3O5-. The molecule has 8 nitrogen and oxygen atoms in total. The van der Waals surface area contributed by atoms with Crippen LogP contribution in [0.5, 0.6) is 0 Å². The number of aliphatic hydroxyl groups is 2. The zero-order valence-electron chi connectivity index (χ0n) is 25.9. The third-order valence-electron chi connectivity index (χ3n) is 9.17. The van der Waals surface area contributed by atoms with Crippen LogP contribution in [0.4, 0.5) is 4.79 Å². The lowest BCUT2D eigenvalue weighted by atomic mass is 9.79. The highest BCUT2D eigenvalue weighted by molar-refractivity contribution is 5.83. The Bertz CT molecular complexity index is 1430. The van der Waals surface area contributed by atoms with Gasteiger partial charge in [0.25, 0.3) is 0 Å². The monoisotopic (exact) mass is 598 g/mol. The molecular weight excluding hydrogens is 554 g/mol. The number of hydrogen-bond acceptors (Lipinski definition) is 6. The number of nitrogens with one attached hydrogen (secondary N) is 1. The maximum Gasteiger partial charge on any atom is 0.238 e. The molecule has 1 saturated heterocycles. The highest BCUT2D eigenvalue weighted by Gasteiger charge is 2.48. The van der Waals surface area contributed by atoms with E-state index in [2.05, 4.69) is 5.32 Å². The summed E-state index contributed by atoms with van der Waals surface area (Å²) in [5.41, 5.74) is 1.54. The topological polar surface area (TPSA) is 116 Å². The maximum atomic E-state index is 14.2. The van der Waals surface area contributed by atoms with Crippen LogP contribution in [0.2, 0.25) is 0 Å². The molecule has 1 heterocycles. The molecule has 5 atom stereocenters. The van der Waals surface area contributed by atoms with Gasteiger partial charge in [-0.05, 0) is 75.3 Å². The van der Waals surface area contributed by atoms with Crippen molar-refractivity contribution in [3.05, 3.63) is 107 Å². The van der Waals surface area contributed by atoms with Gasteiger partial charge in [-0.3, -0.25) is 9.69 Å². The molecule has 8 heteroatoms. The third kappa shape index (κ3) is 6.98. The minimum absolute atomic E-state index is 0.110. The van der Waals surface area contributed by atoms with Gasteiger partial charge >= 0.3 is 0 Å². The molecule has 44 heavy (non-hydrogen) atoms. The van der Waals surface area contributed by atoms with Crippen molar-refractivity contribution in [2.75, 3.05) is 13.1 Å². The maximum absolute atomic E-state index is 14.2. The fraction of sp³-hybridized carbons (Fsp3) is 0.444. The van der Waals surface area contributed by atoms with Crippen LogP contribution in [0.1, 0.15) is 61.9 Å². The summed E-state index contributed by atoms with van der Waals surface area (Å²) in [5.74, 6) is -0.231. The number of fused-ring (bicyclic) bond motifs is 1. The van der Waals surface area contributed by atoms with Crippen LogP contribution >= 0.6 is 0 Å². The van der Waals surface area contributed by atoms with Crippen molar-refractivity contribution >= 4 is 12.0 Å². The molecule has 0 bridgehead atoms. The van der Waals surface area contributed by atoms with Crippen LogP contribution < -0.4 is 10.4 Å². The molecule has 3 aromatic rings. The van der Waals surface area contributed by atoms with Crippen molar-refractivity contribution in [3.8, 4) is 0 Å². The number of likely N-dealkylation sites (tertiary alicyclic amines) is 1. The van der Waals surface area contributed by atoms with Crippen LogP contribution in [0.25, 0.3) is 0 Å². The Morgan fingerprint density at radius 3 is 2.18 bits per heavy atom. The number of hydrogen-bond donors (Lipinski definition) is 3. The number of amides is 2. The van der Waals surface area contributed by atoms with E-state index in [1.165, 1.54) is 4.90 Å². The minimum Gasteiger partial charge on any atom is -0.530 e. The first-order valence-electron chi connectivity index (χ1n) is 15.6. The fourth-order valence-corrected chi connectivity index (χ4v) is 7.09. The number of β-amino-alcohol motifs (C(OH)–C–C–N with tert-alkyl or cyclic N) is 1. The van der Waals surface area contributed by atoms with E-state index in [1.807, 2.05) is 89.8 Å². The standard InChI is InChI=1S/C36H45N3O5/c1-35(2,3)39(34(42)43)31(22-26-15-8-5-9-16-26)36(44)19-12-20-38(24-36)29(21-25-13-6-4-7-14-25)33(41)37-32-28-18-11-10-17-27(28)23-30(32)40/h4-11,13-18,29-32,40,44H,12,19-24H2,1-3H3,(H,37,41)(H,42,43)/p-1/t29-,30+,31-,32-,36-/m0/s1. The Morgan fingerprint density at radius 2 is 1.57 bits per heavy atom. The first-order valence-corrected chi connectivity index (χ1v) is 15.6. The Balaban J connectivity index is 1.47. The van der Waals surface area contributed by atoms with Gasteiger partial charge in [0.2, 0.25) is 5.91 Å². The first-order chi connectivity index (χ1) is 21.0. The Labute approximate surface area is 260 Å². The fourth-order valence-electron chi connectivity index (χ4n) is 7.09. The smallest absolute Gasteiger partial charge is 0.238 e. The van der Waals surface area contributed by atoms with Crippen LogP contribution in [-0.4, -0.2) is 74.4 Å².